The molecular formula is C18H24N4O. The Morgan fingerprint density at radius 1 is 1.13 bits per heavy atom. The summed E-state index contributed by atoms with van der Waals surface area (Å²) in [6.45, 7) is 5.55. The van der Waals surface area contributed by atoms with E-state index in [0.29, 0.717) is 13.1 Å². The molecule has 5 nitrogen and oxygen atoms in total. The maximum atomic E-state index is 9.38. The first kappa shape index (κ1) is 15.7. The van der Waals surface area contributed by atoms with Crippen LogP contribution in [-0.4, -0.2) is 41.3 Å². The Morgan fingerprint density at radius 2 is 1.87 bits per heavy atom. The molecule has 5 heteroatoms. The zero-order valence-electron chi connectivity index (χ0n) is 13.6. The van der Waals surface area contributed by atoms with Gasteiger partial charge in [0.25, 0.3) is 0 Å². The molecule has 0 saturated carbocycles. The molecule has 2 heterocycles. The van der Waals surface area contributed by atoms with Gasteiger partial charge in [0, 0.05) is 31.5 Å². The van der Waals surface area contributed by atoms with E-state index in [1.807, 2.05) is 12.3 Å². The molecular weight excluding hydrogens is 288 g/mol. The average molecular weight is 312 g/mol. The second-order valence-corrected chi connectivity index (χ2v) is 6.02. The topological polar surface area (TPSA) is 52.5 Å². The first-order chi connectivity index (χ1) is 11.3. The zero-order valence-corrected chi connectivity index (χ0v) is 13.6. The number of rotatable bonds is 6. The molecule has 3 rings (SSSR count). The summed E-state index contributed by atoms with van der Waals surface area (Å²) in [5, 5.41) is 9.38. The first-order valence-corrected chi connectivity index (χ1v) is 8.25. The molecule has 1 aliphatic heterocycles. The molecule has 0 bridgehead atoms. The van der Waals surface area contributed by atoms with Crippen LogP contribution in [0.1, 0.15) is 24.1 Å². The molecule has 1 aromatic carbocycles. The van der Waals surface area contributed by atoms with E-state index in [0.717, 1.165) is 30.4 Å². The molecule has 0 radical (unpaired) electrons. The lowest BCUT2D eigenvalue weighted by Gasteiger charge is -2.24. The highest BCUT2D eigenvalue weighted by Gasteiger charge is 2.16. The van der Waals surface area contributed by atoms with E-state index < -0.39 is 0 Å². The number of hydrogen-bond acceptors (Lipinski definition) is 5. The van der Waals surface area contributed by atoms with Crippen LogP contribution >= 0.6 is 0 Å². The Hall–Kier alpha value is -2.14. The Kier molecular flexibility index (Phi) is 5.08. The third-order valence-corrected chi connectivity index (χ3v) is 4.21. The van der Waals surface area contributed by atoms with E-state index in [9.17, 15) is 5.11 Å². The van der Waals surface area contributed by atoms with Crippen LogP contribution in [0.4, 0.5) is 11.6 Å². The predicted octanol–water partition coefficient (Wildman–Crippen LogP) is 2.38. The number of aryl methyl sites for hydroxylation is 1. The van der Waals surface area contributed by atoms with Crippen molar-refractivity contribution < 1.29 is 5.11 Å². The minimum absolute atomic E-state index is 0.123. The lowest BCUT2D eigenvalue weighted by atomic mass is 10.2. The molecule has 0 amide bonds. The normalized spacial score (nSPS) is 14.3. The van der Waals surface area contributed by atoms with E-state index in [4.69, 9.17) is 4.98 Å². The average Bonchev–Trinajstić information content (AvgIpc) is 3.10. The number of nitrogens with zero attached hydrogens (tertiary/aromatic N) is 4. The van der Waals surface area contributed by atoms with Gasteiger partial charge in [-0.3, -0.25) is 0 Å². The molecule has 23 heavy (non-hydrogen) atoms. The van der Waals surface area contributed by atoms with Gasteiger partial charge in [-0.05, 0) is 38.0 Å². The van der Waals surface area contributed by atoms with Gasteiger partial charge in [-0.1, -0.05) is 17.7 Å². The van der Waals surface area contributed by atoms with Crippen molar-refractivity contribution in [2.24, 2.45) is 0 Å². The van der Waals surface area contributed by atoms with E-state index >= 15 is 0 Å². The van der Waals surface area contributed by atoms with Crippen molar-refractivity contribution in [3.63, 3.8) is 0 Å². The molecule has 2 aromatic rings. The Morgan fingerprint density at radius 3 is 2.57 bits per heavy atom. The number of aliphatic hydroxyl groups is 1. The minimum atomic E-state index is 0.123. The third-order valence-electron chi connectivity index (χ3n) is 4.21. The van der Waals surface area contributed by atoms with Crippen molar-refractivity contribution in [2.45, 2.75) is 26.3 Å². The van der Waals surface area contributed by atoms with Crippen LogP contribution in [0, 0.1) is 6.92 Å². The smallest absolute Gasteiger partial charge is 0.225 e. The molecule has 1 N–H and O–H groups in total. The summed E-state index contributed by atoms with van der Waals surface area (Å²) in [6, 6.07) is 10.3. The SMILES string of the molecule is Cc1ccc(N(CCO)Cc2ccnc(N3CCCC3)n2)cc1. The predicted molar refractivity (Wildman–Crippen MR) is 92.8 cm³/mol. The van der Waals surface area contributed by atoms with E-state index in [1.165, 1.54) is 18.4 Å². The van der Waals surface area contributed by atoms with Crippen molar-refractivity contribution in [3.05, 3.63) is 47.8 Å². The maximum absolute atomic E-state index is 9.38. The zero-order chi connectivity index (χ0) is 16.1. The highest BCUT2D eigenvalue weighted by Crippen LogP contribution is 2.19. The summed E-state index contributed by atoms with van der Waals surface area (Å²) in [6.07, 6.45) is 4.27. The van der Waals surface area contributed by atoms with Crippen molar-refractivity contribution in [3.8, 4) is 0 Å². The van der Waals surface area contributed by atoms with Crippen LogP contribution in [-0.2, 0) is 6.54 Å². The first-order valence-electron chi connectivity index (χ1n) is 8.25. The van der Waals surface area contributed by atoms with Gasteiger partial charge >= 0.3 is 0 Å². The largest absolute Gasteiger partial charge is 0.395 e. The van der Waals surface area contributed by atoms with E-state index in [2.05, 4.69) is 46.0 Å². The molecule has 1 fully saturated rings. The van der Waals surface area contributed by atoms with Gasteiger partial charge < -0.3 is 14.9 Å². The number of aromatic nitrogens is 2. The Balaban J connectivity index is 1.77. The van der Waals surface area contributed by atoms with E-state index in [-0.39, 0.29) is 6.61 Å². The van der Waals surface area contributed by atoms with Crippen LogP contribution in [0.5, 0.6) is 0 Å². The summed E-state index contributed by atoms with van der Waals surface area (Å²) < 4.78 is 0. The summed E-state index contributed by atoms with van der Waals surface area (Å²) in [4.78, 5) is 13.5. The number of anilines is 2. The fourth-order valence-electron chi connectivity index (χ4n) is 2.91. The second-order valence-electron chi connectivity index (χ2n) is 6.02. The molecule has 0 unspecified atom stereocenters. The van der Waals surface area contributed by atoms with Crippen molar-refractivity contribution >= 4 is 11.6 Å². The van der Waals surface area contributed by atoms with Crippen LogP contribution in [0.2, 0.25) is 0 Å². The van der Waals surface area contributed by atoms with Crippen molar-refractivity contribution in [1.29, 1.82) is 0 Å². The van der Waals surface area contributed by atoms with Gasteiger partial charge in [-0.2, -0.15) is 0 Å². The molecule has 1 aromatic heterocycles. The summed E-state index contributed by atoms with van der Waals surface area (Å²) in [5.41, 5.74) is 3.32. The maximum Gasteiger partial charge on any atom is 0.225 e. The molecule has 0 aliphatic carbocycles. The lowest BCUT2D eigenvalue weighted by molar-refractivity contribution is 0.301. The van der Waals surface area contributed by atoms with Crippen LogP contribution in [0.15, 0.2) is 36.5 Å². The number of aliphatic hydroxyl groups excluding tert-OH is 1. The van der Waals surface area contributed by atoms with Crippen LogP contribution in [0.25, 0.3) is 0 Å². The van der Waals surface area contributed by atoms with E-state index in [1.54, 1.807) is 0 Å². The molecule has 0 spiro atoms. The van der Waals surface area contributed by atoms with Gasteiger partial charge in [-0.15, -0.1) is 0 Å². The standard InChI is InChI=1S/C18H24N4O/c1-15-4-6-17(7-5-15)22(12-13-23)14-16-8-9-19-18(20-16)21-10-2-3-11-21/h4-9,23H,2-3,10-14H2,1H3. The summed E-state index contributed by atoms with van der Waals surface area (Å²) in [5.74, 6) is 0.827. The van der Waals surface area contributed by atoms with Crippen molar-refractivity contribution in [1.82, 2.24) is 9.97 Å². The Bertz CT molecular complexity index is 623. The molecule has 0 atom stereocenters. The summed E-state index contributed by atoms with van der Waals surface area (Å²) >= 11 is 0. The van der Waals surface area contributed by atoms with Crippen LogP contribution < -0.4 is 9.80 Å². The molecule has 1 aliphatic rings. The monoisotopic (exact) mass is 312 g/mol. The van der Waals surface area contributed by atoms with Gasteiger partial charge in [-0.25, -0.2) is 9.97 Å². The van der Waals surface area contributed by atoms with Crippen molar-refractivity contribution in [2.75, 3.05) is 36.0 Å². The highest BCUT2D eigenvalue weighted by molar-refractivity contribution is 5.48. The highest BCUT2D eigenvalue weighted by atomic mass is 16.3. The number of benzene rings is 1. The lowest BCUT2D eigenvalue weighted by Crippen LogP contribution is -2.27. The van der Waals surface area contributed by atoms with Gasteiger partial charge in [0.1, 0.15) is 0 Å². The van der Waals surface area contributed by atoms with Gasteiger partial charge in [0.2, 0.25) is 5.95 Å². The minimum Gasteiger partial charge on any atom is -0.395 e. The fraction of sp³-hybridized carbons (Fsp3) is 0.444. The summed E-state index contributed by atoms with van der Waals surface area (Å²) in [7, 11) is 0. The number of hydrogen-bond donors (Lipinski definition) is 1. The fourth-order valence-corrected chi connectivity index (χ4v) is 2.91. The van der Waals surface area contributed by atoms with Gasteiger partial charge in [0.15, 0.2) is 0 Å². The third kappa shape index (κ3) is 3.99. The molecule has 1 saturated heterocycles. The molecule has 122 valence electrons. The quantitative estimate of drug-likeness (QED) is 0.887. The Labute approximate surface area is 137 Å². The second kappa shape index (κ2) is 7.42. The van der Waals surface area contributed by atoms with Crippen LogP contribution in [0.3, 0.4) is 0 Å². The van der Waals surface area contributed by atoms with Gasteiger partial charge in [0.05, 0.1) is 18.8 Å².